The van der Waals surface area contributed by atoms with Crippen LogP contribution in [0, 0.1) is 0 Å². The van der Waals surface area contributed by atoms with Gasteiger partial charge in [0, 0.05) is 25.2 Å². The van der Waals surface area contributed by atoms with E-state index in [-0.39, 0.29) is 0 Å². The molecule has 0 saturated carbocycles. The fourth-order valence-corrected chi connectivity index (χ4v) is 2.54. The first-order valence-electron chi connectivity index (χ1n) is 7.52. The van der Waals surface area contributed by atoms with Crippen LogP contribution in [0.25, 0.3) is 0 Å². The molecule has 1 aromatic carbocycles. The summed E-state index contributed by atoms with van der Waals surface area (Å²) in [5.41, 5.74) is 3.89. The number of benzene rings is 1. The maximum Gasteiger partial charge on any atom is 0.0624 e. The first-order chi connectivity index (χ1) is 9.74. The van der Waals surface area contributed by atoms with Crippen LogP contribution in [0.5, 0.6) is 0 Å². The summed E-state index contributed by atoms with van der Waals surface area (Å²) in [4.78, 5) is 0. The number of nitrogens with one attached hydrogen (secondary N) is 1. The van der Waals surface area contributed by atoms with Crippen molar-refractivity contribution in [1.82, 2.24) is 15.1 Å². The lowest BCUT2D eigenvalue weighted by Crippen LogP contribution is -2.23. The van der Waals surface area contributed by atoms with Crippen LogP contribution in [-0.4, -0.2) is 22.9 Å². The summed E-state index contributed by atoms with van der Waals surface area (Å²) in [7, 11) is 2.05. The van der Waals surface area contributed by atoms with E-state index in [2.05, 4.69) is 60.7 Å². The van der Waals surface area contributed by atoms with Crippen LogP contribution in [-0.2, 0) is 19.9 Å². The molecule has 0 amide bonds. The number of hydrogen-bond donors (Lipinski definition) is 1. The van der Waals surface area contributed by atoms with Crippen molar-refractivity contribution in [3.8, 4) is 0 Å². The lowest BCUT2D eigenvalue weighted by molar-refractivity contribution is 0.570. The molecule has 0 radical (unpaired) electrons. The van der Waals surface area contributed by atoms with Gasteiger partial charge in [-0.2, -0.15) is 5.10 Å². The molecule has 108 valence electrons. The van der Waals surface area contributed by atoms with E-state index >= 15 is 0 Å². The van der Waals surface area contributed by atoms with Gasteiger partial charge in [0.1, 0.15) is 0 Å². The van der Waals surface area contributed by atoms with Crippen LogP contribution >= 0.6 is 0 Å². The number of aromatic nitrogens is 2. The van der Waals surface area contributed by atoms with E-state index < -0.39 is 0 Å². The summed E-state index contributed by atoms with van der Waals surface area (Å²) in [6, 6.07) is 13.0. The zero-order chi connectivity index (χ0) is 14.4. The quantitative estimate of drug-likeness (QED) is 0.839. The van der Waals surface area contributed by atoms with E-state index in [9.17, 15) is 0 Å². The Morgan fingerprint density at radius 3 is 2.55 bits per heavy atom. The molecule has 1 aromatic heterocycles. The van der Waals surface area contributed by atoms with Crippen molar-refractivity contribution in [3.05, 3.63) is 53.3 Å². The van der Waals surface area contributed by atoms with E-state index in [0.29, 0.717) is 5.92 Å². The van der Waals surface area contributed by atoms with Gasteiger partial charge < -0.3 is 5.32 Å². The molecular weight excluding hydrogens is 246 g/mol. The molecule has 0 saturated heterocycles. The van der Waals surface area contributed by atoms with Crippen molar-refractivity contribution >= 4 is 0 Å². The molecule has 1 N–H and O–H groups in total. The third-order valence-corrected chi connectivity index (χ3v) is 3.76. The van der Waals surface area contributed by atoms with Gasteiger partial charge in [0.25, 0.3) is 0 Å². The van der Waals surface area contributed by atoms with E-state index in [0.717, 1.165) is 25.9 Å². The predicted molar refractivity (Wildman–Crippen MR) is 84.0 cm³/mol. The second kappa shape index (κ2) is 7.25. The normalized spacial score (nSPS) is 12.6. The van der Waals surface area contributed by atoms with Gasteiger partial charge in [0.15, 0.2) is 0 Å². The Hall–Kier alpha value is -1.61. The molecule has 1 unspecified atom stereocenters. The van der Waals surface area contributed by atoms with Gasteiger partial charge in [0.2, 0.25) is 0 Å². The predicted octanol–water partition coefficient (Wildman–Crippen LogP) is 2.92. The minimum atomic E-state index is 0.497. The standard InChI is InChI=1S/C17H25N3/c1-4-16-12-17(20(3)19-16)11-15(13-18-5-2)14-9-7-6-8-10-14/h6-10,12,15,18H,4-5,11,13H2,1-3H3. The summed E-state index contributed by atoms with van der Waals surface area (Å²) in [6.45, 7) is 6.32. The summed E-state index contributed by atoms with van der Waals surface area (Å²) in [6.07, 6.45) is 2.03. The average Bonchev–Trinajstić information content (AvgIpc) is 2.84. The van der Waals surface area contributed by atoms with Crippen LogP contribution in [0.15, 0.2) is 36.4 Å². The van der Waals surface area contributed by atoms with Crippen LogP contribution in [0.1, 0.15) is 36.7 Å². The van der Waals surface area contributed by atoms with Gasteiger partial charge in [-0.05, 0) is 31.0 Å². The van der Waals surface area contributed by atoms with E-state index in [1.807, 2.05) is 11.7 Å². The molecule has 1 heterocycles. The Labute approximate surface area is 122 Å². The van der Waals surface area contributed by atoms with Crippen LogP contribution in [0.3, 0.4) is 0 Å². The molecule has 0 bridgehead atoms. The molecule has 2 aromatic rings. The lowest BCUT2D eigenvalue weighted by Gasteiger charge is -2.18. The highest BCUT2D eigenvalue weighted by molar-refractivity contribution is 5.23. The molecule has 3 nitrogen and oxygen atoms in total. The van der Waals surface area contributed by atoms with Crippen LogP contribution < -0.4 is 5.32 Å². The van der Waals surface area contributed by atoms with Gasteiger partial charge in [-0.1, -0.05) is 44.2 Å². The molecule has 1 atom stereocenters. The second-order valence-corrected chi connectivity index (χ2v) is 5.22. The number of rotatable bonds is 7. The average molecular weight is 271 g/mol. The van der Waals surface area contributed by atoms with Crippen LogP contribution in [0.2, 0.25) is 0 Å². The first-order valence-corrected chi connectivity index (χ1v) is 7.52. The lowest BCUT2D eigenvalue weighted by atomic mass is 9.94. The molecule has 0 aliphatic heterocycles. The summed E-state index contributed by atoms with van der Waals surface area (Å²) >= 11 is 0. The Balaban J connectivity index is 2.16. The molecule has 0 aliphatic carbocycles. The largest absolute Gasteiger partial charge is 0.316 e. The maximum absolute atomic E-state index is 4.55. The maximum atomic E-state index is 4.55. The van der Waals surface area contributed by atoms with Crippen molar-refractivity contribution in [1.29, 1.82) is 0 Å². The Kier molecular flexibility index (Phi) is 5.36. The fourth-order valence-electron chi connectivity index (χ4n) is 2.54. The third kappa shape index (κ3) is 3.70. The van der Waals surface area contributed by atoms with Crippen molar-refractivity contribution in [2.75, 3.05) is 13.1 Å². The smallest absolute Gasteiger partial charge is 0.0624 e. The van der Waals surface area contributed by atoms with Gasteiger partial charge in [-0.3, -0.25) is 4.68 Å². The Bertz CT molecular complexity index is 516. The number of hydrogen-bond acceptors (Lipinski definition) is 2. The van der Waals surface area contributed by atoms with Crippen molar-refractivity contribution in [2.45, 2.75) is 32.6 Å². The van der Waals surface area contributed by atoms with E-state index in [1.165, 1.54) is 17.0 Å². The highest BCUT2D eigenvalue weighted by Crippen LogP contribution is 2.20. The fraction of sp³-hybridized carbons (Fsp3) is 0.471. The highest BCUT2D eigenvalue weighted by atomic mass is 15.3. The third-order valence-electron chi connectivity index (χ3n) is 3.76. The number of likely N-dealkylation sites (N-methyl/N-ethyl adjacent to an activating group) is 1. The van der Waals surface area contributed by atoms with Gasteiger partial charge in [0.05, 0.1) is 5.69 Å². The topological polar surface area (TPSA) is 29.9 Å². The zero-order valence-corrected chi connectivity index (χ0v) is 12.8. The highest BCUT2D eigenvalue weighted by Gasteiger charge is 2.14. The number of aryl methyl sites for hydroxylation is 2. The molecule has 20 heavy (non-hydrogen) atoms. The summed E-state index contributed by atoms with van der Waals surface area (Å²) < 4.78 is 2.03. The van der Waals surface area contributed by atoms with Crippen molar-refractivity contribution < 1.29 is 0 Å². The number of nitrogens with zero attached hydrogens (tertiary/aromatic N) is 2. The van der Waals surface area contributed by atoms with Gasteiger partial charge >= 0.3 is 0 Å². The minimum absolute atomic E-state index is 0.497. The van der Waals surface area contributed by atoms with Crippen molar-refractivity contribution in [2.24, 2.45) is 7.05 Å². The monoisotopic (exact) mass is 271 g/mol. The van der Waals surface area contributed by atoms with Gasteiger partial charge in [-0.15, -0.1) is 0 Å². The SMILES string of the molecule is CCNCC(Cc1cc(CC)nn1C)c1ccccc1. The minimum Gasteiger partial charge on any atom is -0.316 e. The van der Waals surface area contributed by atoms with Crippen molar-refractivity contribution in [3.63, 3.8) is 0 Å². The van der Waals surface area contributed by atoms with Gasteiger partial charge in [-0.25, -0.2) is 0 Å². The Morgan fingerprint density at radius 2 is 1.95 bits per heavy atom. The van der Waals surface area contributed by atoms with E-state index in [4.69, 9.17) is 0 Å². The second-order valence-electron chi connectivity index (χ2n) is 5.22. The van der Waals surface area contributed by atoms with E-state index in [1.54, 1.807) is 0 Å². The first kappa shape index (κ1) is 14.8. The molecule has 3 heteroatoms. The zero-order valence-electron chi connectivity index (χ0n) is 12.8. The molecular formula is C17H25N3. The molecule has 2 rings (SSSR count). The molecule has 0 aliphatic rings. The molecule has 0 spiro atoms. The summed E-state index contributed by atoms with van der Waals surface area (Å²) in [5, 5.41) is 8.03. The molecule has 0 fully saturated rings. The summed E-state index contributed by atoms with van der Waals surface area (Å²) in [5.74, 6) is 0.497. The Morgan fingerprint density at radius 1 is 1.20 bits per heavy atom. The van der Waals surface area contributed by atoms with Crippen LogP contribution in [0.4, 0.5) is 0 Å².